The van der Waals surface area contributed by atoms with Crippen LogP contribution in [0, 0.1) is 0 Å². The van der Waals surface area contributed by atoms with Gasteiger partial charge < -0.3 is 15.0 Å². The van der Waals surface area contributed by atoms with Crippen LogP contribution in [0.4, 0.5) is 5.69 Å². The molecule has 0 bridgehead atoms. The van der Waals surface area contributed by atoms with E-state index in [2.05, 4.69) is 12.2 Å². The van der Waals surface area contributed by atoms with Gasteiger partial charge in [0.15, 0.2) is 6.54 Å². The summed E-state index contributed by atoms with van der Waals surface area (Å²) in [7, 11) is 1.33. The van der Waals surface area contributed by atoms with Gasteiger partial charge in [-0.1, -0.05) is 12.1 Å². The molecule has 1 aliphatic heterocycles. The molecule has 1 amide bonds. The Hall–Kier alpha value is -1.88. The van der Waals surface area contributed by atoms with Gasteiger partial charge in [-0.15, -0.1) is 0 Å². The summed E-state index contributed by atoms with van der Waals surface area (Å²) >= 11 is 0. The second-order valence-corrected chi connectivity index (χ2v) is 5.57. The Morgan fingerprint density at radius 2 is 2.10 bits per heavy atom. The number of likely N-dealkylation sites (tertiary alicyclic amines) is 1. The van der Waals surface area contributed by atoms with E-state index in [0.29, 0.717) is 23.8 Å². The Balaban J connectivity index is 2.01. The van der Waals surface area contributed by atoms with Crippen LogP contribution in [0.3, 0.4) is 0 Å². The maximum Gasteiger partial charge on any atom is 0.339 e. The van der Waals surface area contributed by atoms with Crippen molar-refractivity contribution in [2.75, 3.05) is 25.5 Å². The fourth-order valence-electron chi connectivity index (χ4n) is 2.80. The SMILES string of the molecule is COC(=O)c1ccccc1NC(=O)C[NH+]1CCCC[C@@H]1C. The van der Waals surface area contributed by atoms with E-state index in [9.17, 15) is 9.59 Å². The molecule has 1 saturated heterocycles. The smallest absolute Gasteiger partial charge is 0.339 e. The molecule has 21 heavy (non-hydrogen) atoms. The highest BCUT2D eigenvalue weighted by atomic mass is 16.5. The lowest BCUT2D eigenvalue weighted by molar-refractivity contribution is -0.920. The molecule has 0 radical (unpaired) electrons. The van der Waals surface area contributed by atoms with E-state index in [1.165, 1.54) is 31.3 Å². The van der Waals surface area contributed by atoms with Crippen molar-refractivity contribution in [2.45, 2.75) is 32.2 Å². The Labute approximate surface area is 125 Å². The summed E-state index contributed by atoms with van der Waals surface area (Å²) in [6, 6.07) is 7.43. The van der Waals surface area contributed by atoms with Crippen molar-refractivity contribution in [3.05, 3.63) is 29.8 Å². The van der Waals surface area contributed by atoms with Gasteiger partial charge in [-0.05, 0) is 38.3 Å². The molecule has 0 spiro atoms. The van der Waals surface area contributed by atoms with Crippen LogP contribution in [0.1, 0.15) is 36.5 Å². The van der Waals surface area contributed by atoms with Crippen LogP contribution in [0.2, 0.25) is 0 Å². The second kappa shape index (κ2) is 7.22. The standard InChI is InChI=1S/C16H22N2O3/c1-12-7-5-6-10-18(12)11-15(19)17-14-9-4-3-8-13(14)16(20)21-2/h3-4,8-9,12H,5-7,10-11H2,1-2H3,(H,17,19)/p+1/t12-/m0/s1. The molecule has 1 heterocycles. The van der Waals surface area contributed by atoms with Crippen LogP contribution >= 0.6 is 0 Å². The topological polar surface area (TPSA) is 59.8 Å². The molecule has 1 aromatic rings. The fraction of sp³-hybridized carbons (Fsp3) is 0.500. The zero-order chi connectivity index (χ0) is 15.2. The first-order chi connectivity index (χ1) is 10.1. The number of ether oxygens (including phenoxy) is 1. The monoisotopic (exact) mass is 291 g/mol. The Morgan fingerprint density at radius 1 is 1.33 bits per heavy atom. The summed E-state index contributed by atoms with van der Waals surface area (Å²) in [6.07, 6.45) is 3.59. The minimum atomic E-state index is -0.440. The lowest BCUT2D eigenvalue weighted by Crippen LogP contribution is -3.17. The van der Waals surface area contributed by atoms with Crippen molar-refractivity contribution in [2.24, 2.45) is 0 Å². The van der Waals surface area contributed by atoms with Crippen LogP contribution in [0.15, 0.2) is 24.3 Å². The molecule has 5 heteroatoms. The summed E-state index contributed by atoms with van der Waals surface area (Å²) in [5.41, 5.74) is 0.897. The number of methoxy groups -OCH3 is 1. The number of hydrogen-bond acceptors (Lipinski definition) is 3. The van der Waals surface area contributed by atoms with Gasteiger partial charge in [0.2, 0.25) is 0 Å². The maximum absolute atomic E-state index is 12.2. The molecule has 5 nitrogen and oxygen atoms in total. The van der Waals surface area contributed by atoms with Crippen LogP contribution < -0.4 is 10.2 Å². The molecule has 114 valence electrons. The quantitative estimate of drug-likeness (QED) is 0.809. The number of carbonyl (C=O) groups is 2. The molecule has 1 aromatic carbocycles. The highest BCUT2D eigenvalue weighted by molar-refractivity contribution is 6.01. The fourth-order valence-corrected chi connectivity index (χ4v) is 2.80. The van der Waals surface area contributed by atoms with E-state index in [4.69, 9.17) is 4.74 Å². The molecular formula is C16H23N2O3+. The van der Waals surface area contributed by atoms with Gasteiger partial charge in [0, 0.05) is 0 Å². The third-order valence-electron chi connectivity index (χ3n) is 4.08. The first-order valence-electron chi connectivity index (χ1n) is 7.43. The second-order valence-electron chi connectivity index (χ2n) is 5.57. The van der Waals surface area contributed by atoms with Crippen molar-refractivity contribution in [3.8, 4) is 0 Å². The van der Waals surface area contributed by atoms with Gasteiger partial charge in [-0.3, -0.25) is 4.79 Å². The van der Waals surface area contributed by atoms with Gasteiger partial charge in [-0.2, -0.15) is 0 Å². The summed E-state index contributed by atoms with van der Waals surface area (Å²) in [5, 5.41) is 2.83. The number of esters is 1. The van der Waals surface area contributed by atoms with E-state index in [1.807, 2.05) is 0 Å². The predicted molar refractivity (Wildman–Crippen MR) is 80.4 cm³/mol. The van der Waals surface area contributed by atoms with E-state index < -0.39 is 5.97 Å². The summed E-state index contributed by atoms with van der Waals surface area (Å²) < 4.78 is 4.73. The number of anilines is 1. The molecule has 1 aliphatic rings. The van der Waals surface area contributed by atoms with E-state index >= 15 is 0 Å². The molecule has 2 rings (SSSR count). The van der Waals surface area contributed by atoms with Gasteiger partial charge in [0.1, 0.15) is 0 Å². The van der Waals surface area contributed by atoms with Crippen LogP contribution in [0.25, 0.3) is 0 Å². The first kappa shape index (κ1) is 15.5. The largest absolute Gasteiger partial charge is 0.465 e. The van der Waals surface area contributed by atoms with Gasteiger partial charge in [0.25, 0.3) is 5.91 Å². The lowest BCUT2D eigenvalue weighted by atomic mass is 10.0. The van der Waals surface area contributed by atoms with Gasteiger partial charge >= 0.3 is 5.97 Å². The van der Waals surface area contributed by atoms with Gasteiger partial charge in [0.05, 0.1) is 30.9 Å². The number of carbonyl (C=O) groups excluding carboxylic acids is 2. The van der Waals surface area contributed by atoms with Crippen molar-refractivity contribution < 1.29 is 19.2 Å². The lowest BCUT2D eigenvalue weighted by Gasteiger charge is -2.29. The number of quaternary nitrogens is 1. The number of nitrogens with one attached hydrogen (secondary N) is 2. The summed E-state index contributed by atoms with van der Waals surface area (Å²) in [6.45, 7) is 3.66. The molecule has 2 atom stereocenters. The van der Waals surface area contributed by atoms with E-state index in [-0.39, 0.29) is 5.91 Å². The zero-order valence-corrected chi connectivity index (χ0v) is 12.6. The molecule has 1 fully saturated rings. The average molecular weight is 291 g/mol. The Morgan fingerprint density at radius 3 is 2.81 bits per heavy atom. The third kappa shape index (κ3) is 4.04. The highest BCUT2D eigenvalue weighted by Crippen LogP contribution is 2.15. The molecular weight excluding hydrogens is 268 g/mol. The van der Waals surface area contributed by atoms with Gasteiger partial charge in [-0.25, -0.2) is 4.79 Å². The zero-order valence-electron chi connectivity index (χ0n) is 12.6. The summed E-state index contributed by atoms with van der Waals surface area (Å²) in [5.74, 6) is -0.500. The number of amides is 1. The van der Waals surface area contributed by atoms with E-state index in [0.717, 1.165) is 6.54 Å². The molecule has 0 aromatic heterocycles. The number of hydrogen-bond donors (Lipinski definition) is 2. The molecule has 0 saturated carbocycles. The molecule has 2 N–H and O–H groups in total. The number of rotatable bonds is 4. The molecule has 1 unspecified atom stereocenters. The van der Waals surface area contributed by atoms with Crippen molar-refractivity contribution >= 4 is 17.6 Å². The first-order valence-corrected chi connectivity index (χ1v) is 7.43. The van der Waals surface area contributed by atoms with Crippen molar-refractivity contribution in [3.63, 3.8) is 0 Å². The Kier molecular flexibility index (Phi) is 5.33. The predicted octanol–water partition coefficient (Wildman–Crippen LogP) is 0.869. The minimum Gasteiger partial charge on any atom is -0.465 e. The normalized spacial score (nSPS) is 21.6. The van der Waals surface area contributed by atoms with Crippen molar-refractivity contribution in [1.29, 1.82) is 0 Å². The van der Waals surface area contributed by atoms with Crippen LogP contribution in [0.5, 0.6) is 0 Å². The highest BCUT2D eigenvalue weighted by Gasteiger charge is 2.24. The Bertz CT molecular complexity index is 516. The number of piperidine rings is 1. The molecule has 0 aliphatic carbocycles. The van der Waals surface area contributed by atoms with Crippen LogP contribution in [-0.2, 0) is 9.53 Å². The minimum absolute atomic E-state index is 0.0601. The average Bonchev–Trinajstić information content (AvgIpc) is 2.49. The van der Waals surface area contributed by atoms with Crippen molar-refractivity contribution in [1.82, 2.24) is 0 Å². The van der Waals surface area contributed by atoms with E-state index in [1.54, 1.807) is 24.3 Å². The number of benzene rings is 1. The maximum atomic E-state index is 12.2. The summed E-state index contributed by atoms with van der Waals surface area (Å²) in [4.78, 5) is 25.2. The third-order valence-corrected chi connectivity index (χ3v) is 4.08. The van der Waals surface area contributed by atoms with Crippen LogP contribution in [-0.4, -0.2) is 38.1 Å². The number of para-hydroxylation sites is 1.